The molecule has 12 heteroatoms. The summed E-state index contributed by atoms with van der Waals surface area (Å²) in [5, 5.41) is 8.27. The fourth-order valence-corrected chi connectivity index (χ4v) is 4.07. The van der Waals surface area contributed by atoms with Gasteiger partial charge in [-0.25, -0.2) is 9.78 Å². The maximum absolute atomic E-state index is 13.8. The number of fused-ring (bicyclic) bond motifs is 1. The molecule has 32 heavy (non-hydrogen) atoms. The molecule has 2 aromatic carbocycles. The van der Waals surface area contributed by atoms with Crippen LogP contribution >= 0.6 is 23.7 Å². The third-order valence-corrected chi connectivity index (χ3v) is 5.77. The Kier molecular flexibility index (Phi) is 6.71. The summed E-state index contributed by atoms with van der Waals surface area (Å²) in [5.74, 6) is 0.806. The number of thiazole rings is 1. The Labute approximate surface area is 190 Å². The van der Waals surface area contributed by atoms with Crippen molar-refractivity contribution in [1.29, 1.82) is 0 Å². The highest BCUT2D eigenvalue weighted by atomic mass is 32.2. The number of hydrogen-bond donors (Lipinski definition) is 0. The van der Waals surface area contributed by atoms with Crippen molar-refractivity contribution in [3.05, 3.63) is 42.5 Å². The molecule has 0 unspecified atom stereocenters. The summed E-state index contributed by atoms with van der Waals surface area (Å²) in [7, 11) is 1.55. The normalized spacial score (nSPS) is 10.8. The van der Waals surface area contributed by atoms with E-state index in [9.17, 15) is 8.68 Å². The first-order valence-electron chi connectivity index (χ1n) is 9.37. The molecule has 0 aliphatic carbocycles. The molecule has 4 aromatic rings. The molecule has 0 saturated carbocycles. The van der Waals surface area contributed by atoms with Crippen LogP contribution in [0.15, 0.2) is 46.9 Å². The number of halogens is 1. The lowest BCUT2D eigenvalue weighted by Crippen LogP contribution is -2.14. The number of anilines is 2. The van der Waals surface area contributed by atoms with Crippen molar-refractivity contribution >= 4 is 51.0 Å². The molecule has 166 valence electrons. The van der Waals surface area contributed by atoms with Gasteiger partial charge in [0.2, 0.25) is 11.0 Å². The first-order valence-corrected chi connectivity index (χ1v) is 10.9. The van der Waals surface area contributed by atoms with Crippen LogP contribution in [0.5, 0.6) is 11.5 Å². The summed E-state index contributed by atoms with van der Waals surface area (Å²) in [6, 6.07) is 12.1. The van der Waals surface area contributed by atoms with Crippen molar-refractivity contribution in [2.45, 2.75) is 6.92 Å². The Morgan fingerprint density at radius 2 is 2.03 bits per heavy atom. The number of nitrogens with zero attached hydrogens (tertiary/aromatic N) is 4. The van der Waals surface area contributed by atoms with Crippen LogP contribution in [0.4, 0.5) is 15.0 Å². The van der Waals surface area contributed by atoms with E-state index >= 15 is 0 Å². The van der Waals surface area contributed by atoms with Crippen molar-refractivity contribution in [3.8, 4) is 23.0 Å². The van der Waals surface area contributed by atoms with E-state index in [2.05, 4.69) is 15.2 Å². The minimum Gasteiger partial charge on any atom is -0.494 e. The zero-order valence-electron chi connectivity index (χ0n) is 17.0. The van der Waals surface area contributed by atoms with E-state index in [0.29, 0.717) is 34.3 Å². The highest BCUT2D eigenvalue weighted by Gasteiger charge is 2.23. The van der Waals surface area contributed by atoms with Crippen molar-refractivity contribution in [2.75, 3.05) is 24.6 Å². The highest BCUT2D eigenvalue weighted by Crippen LogP contribution is 2.40. The number of rotatable bonds is 9. The molecular formula is C20H17FN4O5S2. The van der Waals surface area contributed by atoms with Gasteiger partial charge in [0.25, 0.3) is 0 Å². The smallest absolute Gasteiger partial charge is 0.344 e. The summed E-state index contributed by atoms with van der Waals surface area (Å²) in [4.78, 5) is 15.8. The van der Waals surface area contributed by atoms with Gasteiger partial charge in [0.1, 0.15) is 17.0 Å². The molecule has 0 radical (unpaired) electrons. The molecular weight excluding hydrogens is 459 g/mol. The molecule has 2 aromatic heterocycles. The third kappa shape index (κ3) is 4.60. The van der Waals surface area contributed by atoms with Crippen molar-refractivity contribution in [3.63, 3.8) is 0 Å². The third-order valence-electron chi connectivity index (χ3n) is 4.18. The van der Waals surface area contributed by atoms with Gasteiger partial charge in [-0.1, -0.05) is 22.5 Å². The van der Waals surface area contributed by atoms with E-state index in [1.54, 1.807) is 44.4 Å². The van der Waals surface area contributed by atoms with Gasteiger partial charge in [-0.3, -0.25) is 0 Å². The van der Waals surface area contributed by atoms with Crippen LogP contribution in [0, 0.1) is 0 Å². The summed E-state index contributed by atoms with van der Waals surface area (Å²) in [6.07, 6.45) is 0. The molecule has 0 bridgehead atoms. The zero-order chi connectivity index (χ0) is 22.5. The Morgan fingerprint density at radius 3 is 2.75 bits per heavy atom. The van der Waals surface area contributed by atoms with E-state index in [0.717, 1.165) is 9.01 Å². The molecule has 0 N–H and O–H groups in total. The van der Waals surface area contributed by atoms with E-state index < -0.39 is 5.97 Å². The van der Waals surface area contributed by atoms with Crippen LogP contribution in [0.1, 0.15) is 6.92 Å². The largest absolute Gasteiger partial charge is 0.494 e. The van der Waals surface area contributed by atoms with Gasteiger partial charge in [-0.15, -0.1) is 8.98 Å². The second kappa shape index (κ2) is 9.83. The zero-order valence-corrected chi connectivity index (χ0v) is 18.6. The average molecular weight is 477 g/mol. The molecule has 9 nitrogen and oxygen atoms in total. The standard InChI is InChI=1S/C20H17FN4O5S2/c1-3-28-16(26)11-29-13-9-7-12(8-10-13)18-23-24-19(30-18)25(32-21)20-22-17-14(27-2)5-4-6-15(17)31-20/h4-10H,3,11H2,1-2H3. The van der Waals surface area contributed by atoms with Gasteiger partial charge in [-0.2, -0.15) is 4.31 Å². The average Bonchev–Trinajstić information content (AvgIpc) is 3.46. The Morgan fingerprint density at radius 1 is 1.22 bits per heavy atom. The number of methoxy groups -OCH3 is 1. The van der Waals surface area contributed by atoms with Crippen LogP contribution in [0.3, 0.4) is 0 Å². The Balaban J connectivity index is 1.52. The SMILES string of the molecule is CCOC(=O)COc1ccc(-c2nnc(N(SF)c3nc4c(OC)cccc4s3)o2)cc1. The number of carbonyl (C=O) groups is 1. The lowest BCUT2D eigenvalue weighted by atomic mass is 10.2. The second-order valence-corrected chi connectivity index (χ2v) is 7.69. The van der Waals surface area contributed by atoms with Crippen LogP contribution in [0.2, 0.25) is 0 Å². The summed E-state index contributed by atoms with van der Waals surface area (Å²) < 4.78 is 36.9. The number of aromatic nitrogens is 3. The number of carbonyl (C=O) groups excluding carboxylic acids is 1. The predicted molar refractivity (Wildman–Crippen MR) is 119 cm³/mol. The molecule has 0 aliphatic heterocycles. The fraction of sp³-hybridized carbons (Fsp3) is 0.200. The summed E-state index contributed by atoms with van der Waals surface area (Å²) in [6.45, 7) is 1.83. The number of para-hydroxylation sites is 1. The van der Waals surface area contributed by atoms with E-state index in [4.69, 9.17) is 18.6 Å². The number of esters is 1. The molecule has 0 fully saturated rings. The summed E-state index contributed by atoms with van der Waals surface area (Å²) >= 11 is 1.17. The molecule has 0 aliphatic rings. The number of ether oxygens (including phenoxy) is 3. The first-order chi connectivity index (χ1) is 15.6. The minimum atomic E-state index is -0.450. The van der Waals surface area contributed by atoms with Gasteiger partial charge in [0, 0.05) is 5.56 Å². The van der Waals surface area contributed by atoms with Gasteiger partial charge in [0.15, 0.2) is 18.9 Å². The van der Waals surface area contributed by atoms with Crippen molar-refractivity contribution in [1.82, 2.24) is 15.2 Å². The second-order valence-electron chi connectivity index (χ2n) is 6.17. The van der Waals surface area contributed by atoms with Gasteiger partial charge in [-0.05, 0) is 43.3 Å². The number of hydrogen-bond acceptors (Lipinski definition) is 11. The minimum absolute atomic E-state index is 0.0619. The predicted octanol–water partition coefficient (Wildman–Crippen LogP) is 4.97. The maximum Gasteiger partial charge on any atom is 0.344 e. The monoisotopic (exact) mass is 476 g/mol. The molecule has 0 atom stereocenters. The fourth-order valence-electron chi connectivity index (χ4n) is 2.76. The molecule has 0 amide bonds. The van der Waals surface area contributed by atoms with Crippen molar-refractivity contribution < 1.29 is 27.3 Å². The van der Waals surface area contributed by atoms with E-state index in [1.807, 2.05) is 12.1 Å². The van der Waals surface area contributed by atoms with Gasteiger partial charge in [0.05, 0.1) is 18.4 Å². The number of benzene rings is 2. The first kappa shape index (κ1) is 21.8. The van der Waals surface area contributed by atoms with Crippen LogP contribution in [0.25, 0.3) is 21.7 Å². The Bertz CT molecular complexity index is 1210. The van der Waals surface area contributed by atoms with E-state index in [1.165, 1.54) is 11.3 Å². The summed E-state index contributed by atoms with van der Waals surface area (Å²) in [5.41, 5.74) is 1.22. The van der Waals surface area contributed by atoms with Gasteiger partial charge >= 0.3 is 12.0 Å². The lowest BCUT2D eigenvalue weighted by molar-refractivity contribution is -0.145. The highest BCUT2D eigenvalue weighted by molar-refractivity contribution is 7.96. The maximum atomic E-state index is 13.8. The molecule has 0 spiro atoms. The molecule has 4 rings (SSSR count). The van der Waals surface area contributed by atoms with Crippen molar-refractivity contribution in [2.24, 2.45) is 0 Å². The quantitative estimate of drug-likeness (QED) is 0.243. The van der Waals surface area contributed by atoms with E-state index in [-0.39, 0.29) is 30.8 Å². The van der Waals surface area contributed by atoms with Crippen LogP contribution in [-0.2, 0) is 9.53 Å². The molecule has 0 saturated heterocycles. The Hall–Kier alpha value is -3.38. The lowest BCUT2D eigenvalue weighted by Gasteiger charge is -2.08. The topological polar surface area (TPSA) is 99.8 Å². The van der Waals surface area contributed by atoms with Crippen LogP contribution in [-0.4, -0.2) is 41.5 Å². The molecule has 2 heterocycles. The van der Waals surface area contributed by atoms with Gasteiger partial charge < -0.3 is 18.6 Å². The van der Waals surface area contributed by atoms with Crippen LogP contribution < -0.4 is 13.8 Å².